The second kappa shape index (κ2) is 7.23. The lowest BCUT2D eigenvalue weighted by atomic mass is 9.95. The van der Waals surface area contributed by atoms with Gasteiger partial charge in [-0.1, -0.05) is 6.42 Å². The molecule has 24 heavy (non-hydrogen) atoms. The van der Waals surface area contributed by atoms with E-state index in [-0.39, 0.29) is 12.5 Å². The molecule has 2 aliphatic carbocycles. The number of carbonyl (C=O) groups excluding carboxylic acids is 1. The summed E-state index contributed by atoms with van der Waals surface area (Å²) in [5.74, 6) is 2.39. The quantitative estimate of drug-likeness (QED) is 0.616. The Morgan fingerprint density at radius 1 is 1.42 bits per heavy atom. The van der Waals surface area contributed by atoms with Crippen LogP contribution in [0.2, 0.25) is 0 Å². The van der Waals surface area contributed by atoms with Crippen molar-refractivity contribution >= 4 is 11.9 Å². The largest absolute Gasteiger partial charge is 0.353 e. The normalized spacial score (nSPS) is 25.8. The zero-order chi connectivity index (χ0) is 17.1. The first-order valence-corrected chi connectivity index (χ1v) is 8.75. The van der Waals surface area contributed by atoms with Gasteiger partial charge in [0.15, 0.2) is 5.96 Å². The molecule has 3 unspecified atom stereocenters. The highest BCUT2D eigenvalue weighted by Gasteiger charge is 2.39. The Labute approximate surface area is 143 Å². The standard InChI is InChI=1S/C17H28N6O/c1-22(2)16(24)11-19-17(18-10-14-6-7-20-23(14)3)21-15-9-12-4-5-13(15)8-12/h6-7,12-13,15H,4-5,8-11H2,1-3H3,(H2,18,19,21). The van der Waals surface area contributed by atoms with E-state index < -0.39 is 0 Å². The molecule has 0 saturated heterocycles. The summed E-state index contributed by atoms with van der Waals surface area (Å²) in [5.41, 5.74) is 1.04. The van der Waals surface area contributed by atoms with Crippen LogP contribution in [0.25, 0.3) is 0 Å². The van der Waals surface area contributed by atoms with E-state index in [1.54, 1.807) is 25.2 Å². The molecule has 7 heteroatoms. The predicted octanol–water partition coefficient (Wildman–Crippen LogP) is 0.732. The molecule has 2 fully saturated rings. The third-order valence-electron chi connectivity index (χ3n) is 5.29. The van der Waals surface area contributed by atoms with Crippen LogP contribution in [0.5, 0.6) is 0 Å². The summed E-state index contributed by atoms with van der Waals surface area (Å²) in [6.45, 7) is 0.799. The first kappa shape index (κ1) is 16.8. The molecule has 1 amide bonds. The van der Waals surface area contributed by atoms with E-state index in [0.717, 1.165) is 23.5 Å². The van der Waals surface area contributed by atoms with Crippen LogP contribution in [-0.2, 0) is 18.4 Å². The van der Waals surface area contributed by atoms with E-state index in [0.29, 0.717) is 12.6 Å². The van der Waals surface area contributed by atoms with Gasteiger partial charge >= 0.3 is 0 Å². The topological polar surface area (TPSA) is 74.5 Å². The van der Waals surface area contributed by atoms with Gasteiger partial charge in [0.25, 0.3) is 0 Å². The summed E-state index contributed by atoms with van der Waals surface area (Å²) in [7, 11) is 5.44. The van der Waals surface area contributed by atoms with E-state index in [2.05, 4.69) is 20.7 Å². The van der Waals surface area contributed by atoms with Crippen molar-refractivity contribution < 1.29 is 4.79 Å². The van der Waals surface area contributed by atoms with Crippen LogP contribution in [0.15, 0.2) is 17.3 Å². The second-order valence-electron chi connectivity index (χ2n) is 7.18. The first-order valence-electron chi connectivity index (χ1n) is 8.75. The number of carbonyl (C=O) groups is 1. The number of hydrogen-bond acceptors (Lipinski definition) is 3. The summed E-state index contributed by atoms with van der Waals surface area (Å²) < 4.78 is 1.82. The maximum Gasteiger partial charge on any atom is 0.241 e. The average molecular weight is 332 g/mol. The van der Waals surface area contributed by atoms with Crippen LogP contribution in [-0.4, -0.2) is 53.2 Å². The molecule has 2 saturated carbocycles. The van der Waals surface area contributed by atoms with Gasteiger partial charge in [0.05, 0.1) is 18.8 Å². The Bertz CT molecular complexity index is 608. The number of aliphatic imine (C=N–C) groups is 1. The minimum atomic E-state index is 0.0398. The number of aromatic nitrogens is 2. The Morgan fingerprint density at radius 3 is 2.83 bits per heavy atom. The number of nitrogens with zero attached hydrogens (tertiary/aromatic N) is 4. The summed E-state index contributed by atoms with van der Waals surface area (Å²) in [6, 6.07) is 2.44. The fourth-order valence-corrected chi connectivity index (χ4v) is 3.78. The molecule has 2 N–H and O–H groups in total. The minimum absolute atomic E-state index is 0.0398. The summed E-state index contributed by atoms with van der Waals surface area (Å²) in [4.78, 5) is 18.1. The molecular weight excluding hydrogens is 304 g/mol. The lowest BCUT2D eigenvalue weighted by Crippen LogP contribution is -2.48. The minimum Gasteiger partial charge on any atom is -0.353 e. The molecule has 132 valence electrons. The zero-order valence-electron chi connectivity index (χ0n) is 14.8. The number of hydrogen-bond donors (Lipinski definition) is 2. The van der Waals surface area contributed by atoms with Gasteiger partial charge in [-0.3, -0.25) is 9.48 Å². The number of rotatable bonds is 5. The highest BCUT2D eigenvalue weighted by Crippen LogP contribution is 2.44. The fraction of sp³-hybridized carbons (Fsp3) is 0.706. The molecule has 3 rings (SSSR count). The maximum absolute atomic E-state index is 11.9. The molecule has 0 aromatic carbocycles. The Balaban J connectivity index is 1.63. The van der Waals surface area contributed by atoms with E-state index >= 15 is 0 Å². The number of amides is 1. The van der Waals surface area contributed by atoms with E-state index in [1.807, 2.05) is 17.8 Å². The number of likely N-dealkylation sites (N-methyl/N-ethyl adjacent to an activating group) is 1. The monoisotopic (exact) mass is 332 g/mol. The van der Waals surface area contributed by atoms with Gasteiger partial charge in [-0.15, -0.1) is 0 Å². The Morgan fingerprint density at radius 2 is 2.25 bits per heavy atom. The van der Waals surface area contributed by atoms with Crippen LogP contribution >= 0.6 is 0 Å². The van der Waals surface area contributed by atoms with Crippen molar-refractivity contribution in [3.05, 3.63) is 18.0 Å². The smallest absolute Gasteiger partial charge is 0.241 e. The fourth-order valence-electron chi connectivity index (χ4n) is 3.78. The second-order valence-corrected chi connectivity index (χ2v) is 7.18. The van der Waals surface area contributed by atoms with Crippen LogP contribution in [0.3, 0.4) is 0 Å². The Kier molecular flexibility index (Phi) is 5.06. The molecule has 0 spiro atoms. The van der Waals surface area contributed by atoms with Gasteiger partial charge in [0, 0.05) is 33.4 Å². The maximum atomic E-state index is 11.9. The van der Waals surface area contributed by atoms with E-state index in [4.69, 9.17) is 0 Å². The lowest BCUT2D eigenvalue weighted by Gasteiger charge is -2.25. The predicted molar refractivity (Wildman–Crippen MR) is 93.4 cm³/mol. The van der Waals surface area contributed by atoms with Gasteiger partial charge in [0.1, 0.15) is 0 Å². The number of nitrogens with one attached hydrogen (secondary N) is 2. The molecule has 1 aromatic heterocycles. The van der Waals surface area contributed by atoms with Crippen molar-refractivity contribution in [3.63, 3.8) is 0 Å². The van der Waals surface area contributed by atoms with Crippen LogP contribution < -0.4 is 10.6 Å². The van der Waals surface area contributed by atoms with Crippen LogP contribution in [0, 0.1) is 11.8 Å². The number of aryl methyl sites for hydroxylation is 1. The molecule has 2 aliphatic rings. The van der Waals surface area contributed by atoms with Crippen molar-refractivity contribution in [2.24, 2.45) is 23.9 Å². The molecule has 1 aromatic rings. The average Bonchev–Trinajstić information content (AvgIpc) is 3.26. The third kappa shape index (κ3) is 3.88. The molecule has 0 aliphatic heterocycles. The summed E-state index contributed by atoms with van der Waals surface area (Å²) >= 11 is 0. The number of fused-ring (bicyclic) bond motifs is 2. The highest BCUT2D eigenvalue weighted by atomic mass is 16.2. The van der Waals surface area contributed by atoms with Gasteiger partial charge in [-0.2, -0.15) is 5.10 Å². The zero-order valence-corrected chi connectivity index (χ0v) is 14.8. The van der Waals surface area contributed by atoms with Gasteiger partial charge < -0.3 is 15.5 Å². The van der Waals surface area contributed by atoms with Crippen molar-refractivity contribution in [1.82, 2.24) is 25.3 Å². The lowest BCUT2D eigenvalue weighted by molar-refractivity contribution is -0.127. The summed E-state index contributed by atoms with van der Waals surface area (Å²) in [5, 5.41) is 10.9. The molecule has 0 radical (unpaired) electrons. The van der Waals surface area contributed by atoms with Crippen molar-refractivity contribution in [2.75, 3.05) is 20.6 Å². The highest BCUT2D eigenvalue weighted by molar-refractivity contribution is 5.86. The number of guanidine groups is 1. The molecular formula is C17H28N6O. The summed E-state index contributed by atoms with van der Waals surface area (Å²) in [6.07, 6.45) is 7.02. The van der Waals surface area contributed by atoms with Crippen molar-refractivity contribution in [1.29, 1.82) is 0 Å². The van der Waals surface area contributed by atoms with E-state index in [1.165, 1.54) is 25.7 Å². The Hall–Kier alpha value is -2.05. The van der Waals surface area contributed by atoms with Crippen LogP contribution in [0.1, 0.15) is 31.4 Å². The molecule has 1 heterocycles. The SMILES string of the molecule is CN(C)C(=O)CNC(=NCc1ccnn1C)NC1CC2CCC1C2. The molecule has 7 nitrogen and oxygen atoms in total. The third-order valence-corrected chi connectivity index (χ3v) is 5.29. The van der Waals surface area contributed by atoms with Gasteiger partial charge in [-0.05, 0) is 37.2 Å². The molecule has 3 atom stereocenters. The van der Waals surface area contributed by atoms with E-state index in [9.17, 15) is 4.79 Å². The van der Waals surface area contributed by atoms with Gasteiger partial charge in [-0.25, -0.2) is 4.99 Å². The first-order chi connectivity index (χ1) is 11.5. The van der Waals surface area contributed by atoms with Gasteiger partial charge in [0.2, 0.25) is 5.91 Å². The van der Waals surface area contributed by atoms with Crippen LogP contribution in [0.4, 0.5) is 0 Å². The molecule has 2 bridgehead atoms. The van der Waals surface area contributed by atoms with Crippen molar-refractivity contribution in [3.8, 4) is 0 Å². The van der Waals surface area contributed by atoms with Crippen molar-refractivity contribution in [2.45, 2.75) is 38.3 Å².